The van der Waals surface area contributed by atoms with Gasteiger partial charge in [0.15, 0.2) is 0 Å². The quantitative estimate of drug-likeness (QED) is 0.713. The van der Waals surface area contributed by atoms with Crippen molar-refractivity contribution in [3.8, 4) is 5.75 Å². The summed E-state index contributed by atoms with van der Waals surface area (Å²) in [4.78, 5) is 4.65. The molecule has 1 aliphatic rings. The lowest BCUT2D eigenvalue weighted by molar-refractivity contribution is 0.248. The zero-order chi connectivity index (χ0) is 19.2. The number of anilines is 1. The Hall–Kier alpha value is -2.08. The van der Waals surface area contributed by atoms with Crippen molar-refractivity contribution in [2.75, 3.05) is 45.7 Å². The first-order valence-electron chi connectivity index (χ1n) is 10.1. The molecule has 1 aliphatic heterocycles. The van der Waals surface area contributed by atoms with E-state index in [4.69, 9.17) is 4.74 Å². The van der Waals surface area contributed by atoms with Crippen LogP contribution in [0.25, 0.3) is 0 Å². The Labute approximate surface area is 163 Å². The molecule has 27 heavy (non-hydrogen) atoms. The van der Waals surface area contributed by atoms with Crippen LogP contribution >= 0.6 is 0 Å². The lowest BCUT2D eigenvalue weighted by atomic mass is 9.96. The summed E-state index contributed by atoms with van der Waals surface area (Å²) >= 11 is 0. The number of rotatable bonds is 8. The second-order valence-corrected chi connectivity index (χ2v) is 7.55. The third-order valence-electron chi connectivity index (χ3n) is 5.62. The Kier molecular flexibility index (Phi) is 6.72. The van der Waals surface area contributed by atoms with E-state index in [9.17, 15) is 0 Å². The minimum Gasteiger partial charge on any atom is -0.497 e. The van der Waals surface area contributed by atoms with Gasteiger partial charge in [-0.2, -0.15) is 0 Å². The number of hydrogen-bond donors (Lipinski definition) is 0. The molecular formula is C21H33N5O. The summed E-state index contributed by atoms with van der Waals surface area (Å²) in [7, 11) is 6.03. The lowest BCUT2D eigenvalue weighted by Crippen LogP contribution is -2.30. The van der Waals surface area contributed by atoms with E-state index in [1.165, 1.54) is 24.2 Å². The van der Waals surface area contributed by atoms with E-state index in [2.05, 4.69) is 57.7 Å². The van der Waals surface area contributed by atoms with E-state index in [-0.39, 0.29) is 0 Å². The molecule has 1 saturated heterocycles. The Balaban J connectivity index is 1.58. The molecule has 1 aromatic carbocycles. The largest absolute Gasteiger partial charge is 0.497 e. The number of benzene rings is 1. The molecule has 0 amide bonds. The topological polar surface area (TPSA) is 46.4 Å². The van der Waals surface area contributed by atoms with E-state index in [1.54, 1.807) is 7.11 Å². The molecule has 1 fully saturated rings. The smallest absolute Gasteiger partial charge is 0.226 e. The molecule has 0 saturated carbocycles. The van der Waals surface area contributed by atoms with Crippen molar-refractivity contribution in [3.05, 3.63) is 35.7 Å². The first-order chi connectivity index (χ1) is 13.1. The second kappa shape index (κ2) is 9.22. The Bertz CT molecular complexity index is 704. The summed E-state index contributed by atoms with van der Waals surface area (Å²) in [6, 6.07) is 8.35. The molecule has 6 heteroatoms. The fourth-order valence-electron chi connectivity index (χ4n) is 3.87. The van der Waals surface area contributed by atoms with Gasteiger partial charge in [0.25, 0.3) is 0 Å². The van der Waals surface area contributed by atoms with Gasteiger partial charge in [0.05, 0.1) is 7.11 Å². The van der Waals surface area contributed by atoms with Gasteiger partial charge in [-0.05, 0) is 70.4 Å². The highest BCUT2D eigenvalue weighted by Crippen LogP contribution is 2.28. The van der Waals surface area contributed by atoms with Crippen LogP contribution in [-0.2, 0) is 13.0 Å². The van der Waals surface area contributed by atoms with Gasteiger partial charge in [-0.15, -0.1) is 10.2 Å². The fraction of sp³-hybridized carbons (Fsp3) is 0.619. The Morgan fingerprint density at radius 3 is 2.48 bits per heavy atom. The van der Waals surface area contributed by atoms with E-state index >= 15 is 0 Å². The molecule has 6 nitrogen and oxygen atoms in total. The molecule has 1 aromatic heterocycles. The molecule has 0 atom stereocenters. The monoisotopic (exact) mass is 371 g/mol. The molecule has 0 bridgehead atoms. The highest BCUT2D eigenvalue weighted by Gasteiger charge is 2.25. The van der Waals surface area contributed by atoms with Crippen LogP contribution in [-0.4, -0.2) is 60.5 Å². The highest BCUT2D eigenvalue weighted by molar-refractivity contribution is 5.31. The summed E-state index contributed by atoms with van der Waals surface area (Å²) in [5.74, 6) is 3.62. The molecular weight excluding hydrogens is 338 g/mol. The van der Waals surface area contributed by atoms with E-state index < -0.39 is 0 Å². The molecule has 148 valence electrons. The highest BCUT2D eigenvalue weighted by atomic mass is 16.5. The number of ether oxygens (including phenoxy) is 1. The average Bonchev–Trinajstić information content (AvgIpc) is 3.13. The van der Waals surface area contributed by atoms with Crippen LogP contribution in [0.4, 0.5) is 5.95 Å². The fourth-order valence-corrected chi connectivity index (χ4v) is 3.87. The minimum absolute atomic E-state index is 0.537. The van der Waals surface area contributed by atoms with E-state index in [0.717, 1.165) is 50.7 Å². The zero-order valence-corrected chi connectivity index (χ0v) is 17.2. The summed E-state index contributed by atoms with van der Waals surface area (Å²) in [5, 5.41) is 9.12. The molecule has 2 aromatic rings. The van der Waals surface area contributed by atoms with Crippen LogP contribution in [0.5, 0.6) is 5.75 Å². The van der Waals surface area contributed by atoms with Gasteiger partial charge < -0.3 is 14.5 Å². The number of nitrogens with zero attached hydrogens (tertiary/aromatic N) is 5. The SMILES string of the molecule is CCn1c(C2CCN(C)CC2)nnc1N(C)CCCc1ccc(OC)cc1. The zero-order valence-electron chi connectivity index (χ0n) is 17.2. The summed E-state index contributed by atoms with van der Waals surface area (Å²) in [5.41, 5.74) is 1.34. The molecule has 2 heterocycles. The second-order valence-electron chi connectivity index (χ2n) is 7.55. The maximum atomic E-state index is 5.22. The van der Waals surface area contributed by atoms with Gasteiger partial charge in [-0.1, -0.05) is 12.1 Å². The standard InChI is InChI=1S/C21H33N5O/c1-5-26-20(18-12-15-24(2)16-13-18)22-23-21(26)25(3)14-6-7-17-8-10-19(27-4)11-9-17/h8-11,18H,5-7,12-16H2,1-4H3. The first-order valence-corrected chi connectivity index (χ1v) is 10.1. The van der Waals surface area contributed by atoms with Crippen LogP contribution < -0.4 is 9.64 Å². The lowest BCUT2D eigenvalue weighted by Gasteiger charge is -2.29. The molecule has 3 rings (SSSR count). The molecule has 0 radical (unpaired) electrons. The number of methoxy groups -OCH3 is 1. The number of aromatic nitrogens is 3. The third-order valence-corrected chi connectivity index (χ3v) is 5.62. The first kappa shape index (κ1) is 19.7. The molecule has 0 N–H and O–H groups in total. The summed E-state index contributed by atoms with van der Waals surface area (Å²) in [6.45, 7) is 6.38. The maximum Gasteiger partial charge on any atom is 0.226 e. The van der Waals surface area contributed by atoms with E-state index in [0.29, 0.717) is 5.92 Å². The summed E-state index contributed by atoms with van der Waals surface area (Å²) < 4.78 is 7.53. The van der Waals surface area contributed by atoms with Gasteiger partial charge in [-0.25, -0.2) is 0 Å². The van der Waals surface area contributed by atoms with Crippen molar-refractivity contribution in [2.24, 2.45) is 0 Å². The molecule has 0 spiro atoms. The number of likely N-dealkylation sites (tertiary alicyclic amines) is 1. The van der Waals surface area contributed by atoms with E-state index in [1.807, 2.05) is 12.1 Å². The number of piperidine rings is 1. The van der Waals surface area contributed by atoms with Gasteiger partial charge in [0.2, 0.25) is 5.95 Å². The van der Waals surface area contributed by atoms with Crippen LogP contribution in [0.2, 0.25) is 0 Å². The Morgan fingerprint density at radius 2 is 1.85 bits per heavy atom. The predicted octanol–water partition coefficient (Wildman–Crippen LogP) is 3.18. The number of aryl methyl sites for hydroxylation is 1. The van der Waals surface area contributed by atoms with Gasteiger partial charge in [0.1, 0.15) is 11.6 Å². The van der Waals surface area contributed by atoms with Crippen LogP contribution in [0, 0.1) is 0 Å². The maximum absolute atomic E-state index is 5.22. The molecule has 0 unspecified atom stereocenters. The van der Waals surface area contributed by atoms with Crippen molar-refractivity contribution < 1.29 is 4.74 Å². The molecule has 0 aliphatic carbocycles. The van der Waals surface area contributed by atoms with Gasteiger partial charge >= 0.3 is 0 Å². The number of hydrogen-bond acceptors (Lipinski definition) is 5. The van der Waals surface area contributed by atoms with Crippen molar-refractivity contribution in [3.63, 3.8) is 0 Å². The van der Waals surface area contributed by atoms with Crippen LogP contribution in [0.15, 0.2) is 24.3 Å². The van der Waals surface area contributed by atoms with Crippen molar-refractivity contribution in [1.82, 2.24) is 19.7 Å². The predicted molar refractivity (Wildman–Crippen MR) is 110 cm³/mol. The van der Waals surface area contributed by atoms with Crippen molar-refractivity contribution >= 4 is 5.95 Å². The van der Waals surface area contributed by atoms with Crippen LogP contribution in [0.1, 0.15) is 43.5 Å². The Morgan fingerprint density at radius 1 is 1.15 bits per heavy atom. The van der Waals surface area contributed by atoms with Crippen LogP contribution in [0.3, 0.4) is 0 Å². The average molecular weight is 372 g/mol. The van der Waals surface area contributed by atoms with Gasteiger partial charge in [-0.3, -0.25) is 4.57 Å². The van der Waals surface area contributed by atoms with Crippen molar-refractivity contribution in [2.45, 2.75) is 45.1 Å². The third kappa shape index (κ3) is 4.80. The van der Waals surface area contributed by atoms with Gasteiger partial charge in [0, 0.05) is 26.1 Å². The van der Waals surface area contributed by atoms with Crippen molar-refractivity contribution in [1.29, 1.82) is 0 Å². The summed E-state index contributed by atoms with van der Waals surface area (Å²) in [6.07, 6.45) is 4.49. The minimum atomic E-state index is 0.537. The normalized spacial score (nSPS) is 15.9.